The van der Waals surface area contributed by atoms with E-state index in [4.69, 9.17) is 16.3 Å². The van der Waals surface area contributed by atoms with Crippen LogP contribution < -0.4 is 4.74 Å². The van der Waals surface area contributed by atoms with Crippen LogP contribution in [0, 0.1) is 0 Å². The maximum atomic E-state index is 12.3. The summed E-state index contributed by atoms with van der Waals surface area (Å²) in [6.07, 6.45) is 3.02. The molecule has 2 fully saturated rings. The van der Waals surface area contributed by atoms with E-state index in [0.717, 1.165) is 13.1 Å². The van der Waals surface area contributed by atoms with Crippen LogP contribution in [0.1, 0.15) is 19.3 Å². The first-order valence-corrected chi connectivity index (χ1v) is 8.53. The molecule has 0 saturated carbocycles. The van der Waals surface area contributed by atoms with Gasteiger partial charge < -0.3 is 19.6 Å². The highest BCUT2D eigenvalue weighted by Crippen LogP contribution is 2.26. The molecule has 1 atom stereocenters. The Kier molecular flexibility index (Phi) is 5.09. The smallest absolute Gasteiger partial charge is 0.260 e. The van der Waals surface area contributed by atoms with Crippen molar-refractivity contribution in [3.63, 3.8) is 0 Å². The van der Waals surface area contributed by atoms with Crippen molar-refractivity contribution in [3.05, 3.63) is 29.3 Å². The zero-order valence-corrected chi connectivity index (χ0v) is 14.0. The van der Waals surface area contributed by atoms with Gasteiger partial charge in [-0.1, -0.05) is 23.7 Å². The highest BCUT2D eigenvalue weighted by atomic mass is 35.5. The van der Waals surface area contributed by atoms with Crippen LogP contribution in [0.4, 0.5) is 0 Å². The van der Waals surface area contributed by atoms with Crippen LogP contribution >= 0.6 is 11.6 Å². The maximum Gasteiger partial charge on any atom is 0.260 e. The van der Waals surface area contributed by atoms with Crippen LogP contribution in [0.5, 0.6) is 5.75 Å². The Morgan fingerprint density at radius 2 is 2.00 bits per heavy atom. The lowest BCUT2D eigenvalue weighted by molar-refractivity contribution is -0.133. The van der Waals surface area contributed by atoms with Gasteiger partial charge in [0.2, 0.25) is 0 Å². The Bertz CT molecular complexity index is 563. The second-order valence-electron chi connectivity index (χ2n) is 6.49. The molecule has 1 aromatic carbocycles. The number of ether oxygens (including phenoxy) is 1. The molecule has 0 aliphatic carbocycles. The van der Waals surface area contributed by atoms with Crippen molar-refractivity contribution in [1.29, 1.82) is 0 Å². The summed E-state index contributed by atoms with van der Waals surface area (Å²) in [5.74, 6) is 0.399. The second-order valence-corrected chi connectivity index (χ2v) is 6.90. The van der Waals surface area contributed by atoms with Gasteiger partial charge in [-0.05, 0) is 44.5 Å². The molecule has 0 radical (unpaired) electrons. The van der Waals surface area contributed by atoms with Crippen LogP contribution in [-0.2, 0) is 4.79 Å². The number of hydrogen-bond acceptors (Lipinski definition) is 4. The molecule has 23 heavy (non-hydrogen) atoms. The van der Waals surface area contributed by atoms with Gasteiger partial charge in [0.05, 0.1) is 17.2 Å². The van der Waals surface area contributed by atoms with Gasteiger partial charge in [0, 0.05) is 13.1 Å². The van der Waals surface area contributed by atoms with E-state index in [1.165, 1.54) is 12.8 Å². The first kappa shape index (κ1) is 16.6. The highest BCUT2D eigenvalue weighted by Gasteiger charge is 2.39. The third kappa shape index (κ3) is 4.16. The molecule has 0 aromatic heterocycles. The van der Waals surface area contributed by atoms with E-state index in [-0.39, 0.29) is 12.5 Å². The molecule has 1 N–H and O–H groups in total. The van der Waals surface area contributed by atoms with Gasteiger partial charge in [-0.3, -0.25) is 4.79 Å². The van der Waals surface area contributed by atoms with Gasteiger partial charge in [-0.2, -0.15) is 0 Å². The molecule has 1 aromatic rings. The monoisotopic (exact) mass is 338 g/mol. The fraction of sp³-hybridized carbons (Fsp3) is 0.588. The minimum absolute atomic E-state index is 0.0521. The van der Waals surface area contributed by atoms with Crippen LogP contribution in [0.25, 0.3) is 0 Å². The van der Waals surface area contributed by atoms with Gasteiger partial charge in [0.15, 0.2) is 6.61 Å². The van der Waals surface area contributed by atoms with E-state index in [2.05, 4.69) is 4.90 Å². The van der Waals surface area contributed by atoms with Crippen molar-refractivity contribution in [1.82, 2.24) is 9.80 Å². The molecule has 0 bridgehead atoms. The van der Waals surface area contributed by atoms with Crippen LogP contribution in [0.3, 0.4) is 0 Å². The molecule has 6 heteroatoms. The molecular formula is C17H23ClN2O3. The van der Waals surface area contributed by atoms with Crippen molar-refractivity contribution in [2.75, 3.05) is 39.3 Å². The summed E-state index contributed by atoms with van der Waals surface area (Å²) in [6, 6.07) is 7.10. The SMILES string of the molecule is O=C(COc1ccccc1Cl)N1CCC(O)(CN2CCCC2)C1. The number of para-hydroxylation sites is 1. The first-order valence-electron chi connectivity index (χ1n) is 8.16. The standard InChI is InChI=1S/C17H23ClN2O3/c18-14-5-1-2-6-15(14)23-11-16(21)20-10-7-17(22,13-20)12-19-8-3-4-9-19/h1-2,5-6,22H,3-4,7-13H2. The number of aliphatic hydroxyl groups is 1. The van der Waals surface area contributed by atoms with Crippen molar-refractivity contribution in [2.45, 2.75) is 24.9 Å². The highest BCUT2D eigenvalue weighted by molar-refractivity contribution is 6.32. The number of benzene rings is 1. The largest absolute Gasteiger partial charge is 0.482 e. The molecular weight excluding hydrogens is 316 g/mol. The summed E-state index contributed by atoms with van der Waals surface area (Å²) in [7, 11) is 0. The quantitative estimate of drug-likeness (QED) is 0.889. The van der Waals surface area contributed by atoms with E-state index in [9.17, 15) is 9.90 Å². The summed E-state index contributed by atoms with van der Waals surface area (Å²) >= 11 is 6.01. The third-order valence-electron chi connectivity index (χ3n) is 4.59. The fourth-order valence-electron chi connectivity index (χ4n) is 3.35. The Morgan fingerprint density at radius 1 is 1.26 bits per heavy atom. The molecule has 126 valence electrons. The number of rotatable bonds is 5. The lowest BCUT2D eigenvalue weighted by Gasteiger charge is -2.28. The van der Waals surface area contributed by atoms with E-state index in [0.29, 0.717) is 36.8 Å². The molecule has 2 saturated heterocycles. The van der Waals surface area contributed by atoms with Gasteiger partial charge in [0.1, 0.15) is 5.75 Å². The lowest BCUT2D eigenvalue weighted by Crippen LogP contribution is -2.45. The number of β-amino-alcohol motifs (C(OH)–C–C–N with tert-alkyl or cyclic N) is 1. The van der Waals surface area contributed by atoms with Gasteiger partial charge in [-0.25, -0.2) is 0 Å². The molecule has 1 unspecified atom stereocenters. The number of amides is 1. The molecule has 2 aliphatic rings. The van der Waals surface area contributed by atoms with E-state index < -0.39 is 5.60 Å². The summed E-state index contributed by atoms with van der Waals surface area (Å²) in [6.45, 7) is 3.66. The van der Waals surface area contributed by atoms with Gasteiger partial charge in [0.25, 0.3) is 5.91 Å². The maximum absolute atomic E-state index is 12.3. The molecule has 0 spiro atoms. The van der Waals surface area contributed by atoms with Crippen molar-refractivity contribution >= 4 is 17.5 Å². The second kappa shape index (κ2) is 7.07. The zero-order chi connectivity index (χ0) is 16.3. The number of carbonyl (C=O) groups excluding carboxylic acids is 1. The average Bonchev–Trinajstić information content (AvgIpc) is 3.16. The molecule has 2 heterocycles. The minimum Gasteiger partial charge on any atom is -0.482 e. The van der Waals surface area contributed by atoms with E-state index in [1.54, 1.807) is 17.0 Å². The number of halogens is 1. The number of hydrogen-bond donors (Lipinski definition) is 1. The van der Waals surface area contributed by atoms with E-state index in [1.807, 2.05) is 12.1 Å². The van der Waals surface area contributed by atoms with Crippen LogP contribution in [0.15, 0.2) is 24.3 Å². The third-order valence-corrected chi connectivity index (χ3v) is 4.90. The van der Waals surface area contributed by atoms with Crippen molar-refractivity contribution in [2.24, 2.45) is 0 Å². The lowest BCUT2D eigenvalue weighted by atomic mass is 10.0. The summed E-state index contributed by atoms with van der Waals surface area (Å²) < 4.78 is 5.50. The Balaban J connectivity index is 1.50. The molecule has 1 amide bonds. The first-order chi connectivity index (χ1) is 11.1. The molecule has 2 aliphatic heterocycles. The Labute approximate surface area is 141 Å². The number of carbonyl (C=O) groups is 1. The van der Waals surface area contributed by atoms with Gasteiger partial charge >= 0.3 is 0 Å². The molecule has 3 rings (SSSR count). The fourth-order valence-corrected chi connectivity index (χ4v) is 3.54. The predicted molar refractivity (Wildman–Crippen MR) is 88.8 cm³/mol. The average molecular weight is 339 g/mol. The molecule has 5 nitrogen and oxygen atoms in total. The van der Waals surface area contributed by atoms with Crippen LogP contribution in [0.2, 0.25) is 5.02 Å². The van der Waals surface area contributed by atoms with Crippen molar-refractivity contribution in [3.8, 4) is 5.75 Å². The summed E-state index contributed by atoms with van der Waals surface area (Å²) in [5.41, 5.74) is -0.787. The number of nitrogens with zero attached hydrogens (tertiary/aromatic N) is 2. The van der Waals surface area contributed by atoms with Gasteiger partial charge in [-0.15, -0.1) is 0 Å². The summed E-state index contributed by atoms with van der Waals surface area (Å²) in [4.78, 5) is 16.3. The Hall–Kier alpha value is -1.30. The Morgan fingerprint density at radius 3 is 2.74 bits per heavy atom. The topological polar surface area (TPSA) is 53.0 Å². The minimum atomic E-state index is -0.787. The number of likely N-dealkylation sites (tertiary alicyclic amines) is 2. The van der Waals surface area contributed by atoms with Crippen LogP contribution in [-0.4, -0.2) is 65.7 Å². The van der Waals surface area contributed by atoms with Crippen molar-refractivity contribution < 1.29 is 14.6 Å². The summed E-state index contributed by atoms with van der Waals surface area (Å²) in [5, 5.41) is 11.2. The predicted octanol–water partition coefficient (Wildman–Crippen LogP) is 1.78. The van der Waals surface area contributed by atoms with E-state index >= 15 is 0 Å². The normalized spacial score (nSPS) is 25.0. The zero-order valence-electron chi connectivity index (χ0n) is 13.2.